The number of sulfonamides is 1. The third-order valence-corrected chi connectivity index (χ3v) is 5.70. The van der Waals surface area contributed by atoms with Crippen LogP contribution < -0.4 is 4.31 Å². The highest BCUT2D eigenvalue weighted by Gasteiger charge is 2.31. The standard InChI is InChI=1S/C17H16Cl2FNO4S/c1-11(2)25-17(22)10-21(15-6-4-3-5-14(15)20)26(23,24)16-9-12(18)7-8-13(16)19/h3-9,11H,10H2,1-2H3. The van der Waals surface area contributed by atoms with E-state index in [1.807, 2.05) is 0 Å². The summed E-state index contributed by atoms with van der Waals surface area (Å²) in [6.07, 6.45) is -0.456. The van der Waals surface area contributed by atoms with Crippen LogP contribution in [0.1, 0.15) is 13.8 Å². The average molecular weight is 420 g/mol. The van der Waals surface area contributed by atoms with E-state index in [1.54, 1.807) is 13.8 Å². The Morgan fingerprint density at radius 1 is 1.19 bits per heavy atom. The Balaban J connectivity index is 2.57. The van der Waals surface area contributed by atoms with Crippen LogP contribution in [0.25, 0.3) is 0 Å². The predicted molar refractivity (Wildman–Crippen MR) is 98.6 cm³/mol. The van der Waals surface area contributed by atoms with Gasteiger partial charge in [-0.1, -0.05) is 35.3 Å². The molecule has 0 fully saturated rings. The van der Waals surface area contributed by atoms with Crippen LogP contribution in [0.2, 0.25) is 10.0 Å². The maximum absolute atomic E-state index is 14.3. The Labute approximate surface area is 161 Å². The normalized spacial score (nSPS) is 11.5. The van der Waals surface area contributed by atoms with Crippen LogP contribution in [0.3, 0.4) is 0 Å². The van der Waals surface area contributed by atoms with E-state index in [2.05, 4.69) is 0 Å². The van der Waals surface area contributed by atoms with E-state index in [1.165, 1.54) is 30.3 Å². The number of benzene rings is 2. The first-order valence-electron chi connectivity index (χ1n) is 7.54. The van der Waals surface area contributed by atoms with Crippen LogP contribution in [-0.4, -0.2) is 27.0 Å². The number of halogens is 3. The molecule has 0 saturated carbocycles. The van der Waals surface area contributed by atoms with Crippen molar-refractivity contribution in [1.29, 1.82) is 0 Å². The van der Waals surface area contributed by atoms with Crippen LogP contribution in [0, 0.1) is 5.82 Å². The molecule has 0 aliphatic carbocycles. The van der Waals surface area contributed by atoms with Gasteiger partial charge in [0, 0.05) is 5.02 Å². The van der Waals surface area contributed by atoms with Crippen LogP contribution in [0.5, 0.6) is 0 Å². The van der Waals surface area contributed by atoms with E-state index in [4.69, 9.17) is 27.9 Å². The van der Waals surface area contributed by atoms with Gasteiger partial charge in [0.25, 0.3) is 10.0 Å². The van der Waals surface area contributed by atoms with E-state index in [9.17, 15) is 17.6 Å². The summed E-state index contributed by atoms with van der Waals surface area (Å²) < 4.78 is 46.1. The van der Waals surface area contributed by atoms with Gasteiger partial charge in [-0.25, -0.2) is 12.8 Å². The Kier molecular flexibility index (Phi) is 6.49. The first-order chi connectivity index (χ1) is 12.1. The number of ether oxygens (including phenoxy) is 1. The van der Waals surface area contributed by atoms with Crippen molar-refractivity contribution in [3.63, 3.8) is 0 Å². The van der Waals surface area contributed by atoms with Crippen molar-refractivity contribution in [2.75, 3.05) is 10.8 Å². The fraction of sp³-hybridized carbons (Fsp3) is 0.235. The quantitative estimate of drug-likeness (QED) is 0.655. The molecule has 0 aliphatic heterocycles. The van der Waals surface area contributed by atoms with Gasteiger partial charge in [-0.05, 0) is 44.2 Å². The zero-order chi connectivity index (χ0) is 19.5. The van der Waals surface area contributed by atoms with Gasteiger partial charge < -0.3 is 4.74 Å². The molecule has 2 aromatic carbocycles. The van der Waals surface area contributed by atoms with Gasteiger partial charge >= 0.3 is 5.97 Å². The Morgan fingerprint density at radius 3 is 2.46 bits per heavy atom. The predicted octanol–water partition coefficient (Wildman–Crippen LogP) is 4.28. The molecule has 2 aromatic rings. The summed E-state index contributed by atoms with van der Waals surface area (Å²) >= 11 is 11.9. The molecule has 0 aliphatic rings. The van der Waals surface area contributed by atoms with Crippen molar-refractivity contribution < 1.29 is 22.3 Å². The number of carbonyl (C=O) groups excluding carboxylic acids is 1. The van der Waals surface area contributed by atoms with Crippen LogP contribution >= 0.6 is 23.2 Å². The lowest BCUT2D eigenvalue weighted by atomic mass is 10.3. The molecular weight excluding hydrogens is 404 g/mol. The molecule has 5 nitrogen and oxygen atoms in total. The smallest absolute Gasteiger partial charge is 0.327 e. The first kappa shape index (κ1) is 20.5. The summed E-state index contributed by atoms with van der Waals surface area (Å²) in [5.41, 5.74) is -0.302. The van der Waals surface area contributed by atoms with Gasteiger partial charge in [-0.3, -0.25) is 9.10 Å². The molecule has 0 aromatic heterocycles. The van der Waals surface area contributed by atoms with Crippen molar-refractivity contribution in [3.8, 4) is 0 Å². The van der Waals surface area contributed by atoms with E-state index in [-0.39, 0.29) is 20.6 Å². The molecular formula is C17H16Cl2FNO4S. The minimum absolute atomic E-state index is 0.104. The van der Waals surface area contributed by atoms with Gasteiger partial charge in [-0.15, -0.1) is 0 Å². The second-order valence-electron chi connectivity index (χ2n) is 5.58. The van der Waals surface area contributed by atoms with E-state index < -0.39 is 34.5 Å². The van der Waals surface area contributed by atoms with Gasteiger partial charge in [0.1, 0.15) is 17.3 Å². The highest BCUT2D eigenvalue weighted by Crippen LogP contribution is 2.31. The van der Waals surface area contributed by atoms with Gasteiger partial charge in [-0.2, -0.15) is 0 Å². The van der Waals surface area contributed by atoms with Crippen molar-refractivity contribution in [2.24, 2.45) is 0 Å². The minimum Gasteiger partial charge on any atom is -0.462 e. The monoisotopic (exact) mass is 419 g/mol. The van der Waals surface area contributed by atoms with Crippen molar-refractivity contribution in [3.05, 3.63) is 58.3 Å². The van der Waals surface area contributed by atoms with Crippen LogP contribution in [0.15, 0.2) is 47.4 Å². The second kappa shape index (κ2) is 8.24. The van der Waals surface area contributed by atoms with E-state index in [0.29, 0.717) is 4.31 Å². The zero-order valence-corrected chi connectivity index (χ0v) is 16.3. The zero-order valence-electron chi connectivity index (χ0n) is 13.9. The third kappa shape index (κ3) is 4.66. The number of nitrogens with zero attached hydrogens (tertiary/aromatic N) is 1. The lowest BCUT2D eigenvalue weighted by Crippen LogP contribution is -2.38. The lowest BCUT2D eigenvalue weighted by Gasteiger charge is -2.25. The molecule has 0 N–H and O–H groups in total. The van der Waals surface area contributed by atoms with Crippen LogP contribution in [-0.2, 0) is 19.6 Å². The number of esters is 1. The fourth-order valence-corrected chi connectivity index (χ4v) is 4.32. The SMILES string of the molecule is CC(C)OC(=O)CN(c1ccccc1F)S(=O)(=O)c1cc(Cl)ccc1Cl. The minimum atomic E-state index is -4.38. The second-order valence-corrected chi connectivity index (χ2v) is 8.25. The number of rotatable bonds is 6. The molecule has 0 atom stereocenters. The highest BCUT2D eigenvalue weighted by atomic mass is 35.5. The van der Waals surface area contributed by atoms with Crippen molar-refractivity contribution in [2.45, 2.75) is 24.8 Å². The molecule has 140 valence electrons. The molecule has 0 bridgehead atoms. The largest absolute Gasteiger partial charge is 0.462 e. The number of carbonyl (C=O) groups is 1. The summed E-state index contributed by atoms with van der Waals surface area (Å²) in [7, 11) is -4.38. The summed E-state index contributed by atoms with van der Waals surface area (Å²) in [5, 5.41) is 0.0270. The molecule has 0 saturated heterocycles. The van der Waals surface area contributed by atoms with E-state index in [0.717, 1.165) is 12.1 Å². The third-order valence-electron chi connectivity index (χ3n) is 3.22. The van der Waals surface area contributed by atoms with E-state index >= 15 is 0 Å². The molecule has 0 unspecified atom stereocenters. The Hall–Kier alpha value is -1.83. The maximum atomic E-state index is 14.3. The molecule has 0 spiro atoms. The number of hydrogen-bond donors (Lipinski definition) is 0. The fourth-order valence-electron chi connectivity index (χ4n) is 2.16. The van der Waals surface area contributed by atoms with Crippen molar-refractivity contribution >= 4 is 44.9 Å². The summed E-state index contributed by atoms with van der Waals surface area (Å²) in [5.74, 6) is -1.64. The molecule has 26 heavy (non-hydrogen) atoms. The Bertz CT molecular complexity index is 919. The average Bonchev–Trinajstić information content (AvgIpc) is 2.55. The molecule has 0 amide bonds. The number of para-hydroxylation sites is 1. The van der Waals surface area contributed by atoms with Gasteiger partial charge in [0.05, 0.1) is 16.8 Å². The summed E-state index contributed by atoms with van der Waals surface area (Å²) in [6.45, 7) is 2.52. The molecule has 0 radical (unpaired) electrons. The van der Waals surface area contributed by atoms with Gasteiger partial charge in [0.2, 0.25) is 0 Å². The number of anilines is 1. The summed E-state index contributed by atoms with van der Waals surface area (Å²) in [6, 6.07) is 9.06. The highest BCUT2D eigenvalue weighted by molar-refractivity contribution is 7.93. The maximum Gasteiger partial charge on any atom is 0.327 e. The molecule has 0 heterocycles. The lowest BCUT2D eigenvalue weighted by molar-refractivity contribution is -0.145. The number of hydrogen-bond acceptors (Lipinski definition) is 4. The molecule has 9 heteroatoms. The Morgan fingerprint density at radius 2 is 1.85 bits per heavy atom. The van der Waals surface area contributed by atoms with Crippen LogP contribution in [0.4, 0.5) is 10.1 Å². The summed E-state index contributed by atoms with van der Waals surface area (Å²) in [4.78, 5) is 11.7. The van der Waals surface area contributed by atoms with Gasteiger partial charge in [0.15, 0.2) is 0 Å². The molecule has 2 rings (SSSR count). The topological polar surface area (TPSA) is 63.7 Å². The van der Waals surface area contributed by atoms with Crippen molar-refractivity contribution in [1.82, 2.24) is 0 Å². The first-order valence-corrected chi connectivity index (χ1v) is 9.74.